The number of ether oxygens (including phenoxy) is 1. The highest BCUT2D eigenvalue weighted by molar-refractivity contribution is 7.10. The van der Waals surface area contributed by atoms with Gasteiger partial charge in [0, 0.05) is 25.7 Å². The van der Waals surface area contributed by atoms with Crippen LogP contribution in [-0.4, -0.2) is 36.5 Å². The predicted molar refractivity (Wildman–Crippen MR) is 76.8 cm³/mol. The molecule has 0 saturated carbocycles. The van der Waals surface area contributed by atoms with Gasteiger partial charge in [-0.2, -0.15) is 4.37 Å². The molecule has 1 aromatic carbocycles. The van der Waals surface area contributed by atoms with Gasteiger partial charge in [-0.3, -0.25) is 5.32 Å². The summed E-state index contributed by atoms with van der Waals surface area (Å²) in [6.45, 7) is 0. The summed E-state index contributed by atoms with van der Waals surface area (Å²) < 4.78 is 9.43. The highest BCUT2D eigenvalue weighted by atomic mass is 32.1. The largest absolute Gasteiger partial charge is 0.497 e. The molecular weight excluding hydrogens is 262 g/mol. The van der Waals surface area contributed by atoms with E-state index < -0.39 is 0 Å². The van der Waals surface area contributed by atoms with E-state index in [-0.39, 0.29) is 6.03 Å². The molecule has 0 radical (unpaired) electrons. The monoisotopic (exact) mass is 277 g/mol. The van der Waals surface area contributed by atoms with Crippen molar-refractivity contribution in [3.8, 4) is 17.0 Å². The smallest absolute Gasteiger partial charge is 0.321 e. The number of rotatable bonds is 3. The first kappa shape index (κ1) is 13.4. The van der Waals surface area contributed by atoms with Gasteiger partial charge in [0.05, 0.1) is 12.8 Å². The molecule has 0 unspecified atom stereocenters. The summed E-state index contributed by atoms with van der Waals surface area (Å²) in [5, 5.41) is 3.50. The number of nitrogens with zero attached hydrogens (tertiary/aromatic N) is 2. The van der Waals surface area contributed by atoms with E-state index in [1.807, 2.05) is 30.3 Å². The summed E-state index contributed by atoms with van der Waals surface area (Å²) in [6.07, 6.45) is 0. The second-order valence-corrected chi connectivity index (χ2v) is 4.93. The molecule has 19 heavy (non-hydrogen) atoms. The number of methoxy groups -OCH3 is 1. The third kappa shape index (κ3) is 3.23. The Morgan fingerprint density at radius 1 is 1.32 bits per heavy atom. The molecule has 0 aliphatic carbocycles. The van der Waals surface area contributed by atoms with E-state index in [2.05, 4.69) is 9.69 Å². The lowest BCUT2D eigenvalue weighted by atomic mass is 10.1. The van der Waals surface area contributed by atoms with Crippen LogP contribution in [0.25, 0.3) is 11.3 Å². The first-order valence-electron chi connectivity index (χ1n) is 5.69. The molecule has 2 aromatic rings. The summed E-state index contributed by atoms with van der Waals surface area (Å²) in [5.74, 6) is 0.806. The molecule has 0 spiro atoms. The molecule has 0 atom stereocenters. The van der Waals surface area contributed by atoms with Crippen LogP contribution in [0.1, 0.15) is 0 Å². The van der Waals surface area contributed by atoms with Gasteiger partial charge in [0.15, 0.2) is 0 Å². The Morgan fingerprint density at radius 2 is 2.00 bits per heavy atom. The van der Waals surface area contributed by atoms with Crippen molar-refractivity contribution in [2.24, 2.45) is 0 Å². The summed E-state index contributed by atoms with van der Waals surface area (Å²) in [4.78, 5) is 13.0. The normalized spacial score (nSPS) is 10.1. The lowest BCUT2D eigenvalue weighted by Gasteiger charge is -2.09. The van der Waals surface area contributed by atoms with Gasteiger partial charge in [0.25, 0.3) is 0 Å². The summed E-state index contributed by atoms with van der Waals surface area (Å²) in [7, 11) is 5.02. The number of carbonyl (C=O) groups excluding carboxylic acids is 1. The fraction of sp³-hybridized carbons (Fsp3) is 0.231. The Morgan fingerprint density at radius 3 is 2.58 bits per heavy atom. The number of anilines is 1. The zero-order chi connectivity index (χ0) is 13.8. The molecule has 1 heterocycles. The zero-order valence-electron chi connectivity index (χ0n) is 11.0. The molecule has 1 N–H and O–H groups in total. The number of nitrogens with one attached hydrogen (secondary N) is 1. The van der Waals surface area contributed by atoms with Crippen molar-refractivity contribution < 1.29 is 9.53 Å². The van der Waals surface area contributed by atoms with Crippen LogP contribution < -0.4 is 10.1 Å². The van der Waals surface area contributed by atoms with E-state index >= 15 is 0 Å². The van der Waals surface area contributed by atoms with Gasteiger partial charge < -0.3 is 9.64 Å². The van der Waals surface area contributed by atoms with E-state index in [0.29, 0.717) is 0 Å². The van der Waals surface area contributed by atoms with Crippen LogP contribution in [0.5, 0.6) is 5.75 Å². The van der Waals surface area contributed by atoms with E-state index in [1.165, 1.54) is 16.4 Å². The number of amides is 2. The third-order valence-corrected chi connectivity index (χ3v) is 3.24. The highest BCUT2D eigenvalue weighted by Crippen LogP contribution is 2.26. The number of hydrogen-bond donors (Lipinski definition) is 1. The van der Waals surface area contributed by atoms with Gasteiger partial charge in [-0.25, -0.2) is 4.79 Å². The predicted octanol–water partition coefficient (Wildman–Crippen LogP) is 2.91. The Labute approximate surface area is 116 Å². The lowest BCUT2D eigenvalue weighted by molar-refractivity contribution is 0.231. The van der Waals surface area contributed by atoms with E-state index in [9.17, 15) is 4.79 Å². The van der Waals surface area contributed by atoms with Crippen molar-refractivity contribution in [1.29, 1.82) is 0 Å². The van der Waals surface area contributed by atoms with E-state index in [1.54, 1.807) is 21.2 Å². The van der Waals surface area contributed by atoms with Crippen LogP contribution in [0.3, 0.4) is 0 Å². The Bertz CT molecular complexity index is 564. The molecule has 100 valence electrons. The van der Waals surface area contributed by atoms with Crippen molar-refractivity contribution in [1.82, 2.24) is 9.27 Å². The van der Waals surface area contributed by atoms with Gasteiger partial charge in [-0.05, 0) is 35.8 Å². The Kier molecular flexibility index (Phi) is 4.01. The van der Waals surface area contributed by atoms with E-state index in [4.69, 9.17) is 4.74 Å². The van der Waals surface area contributed by atoms with Crippen molar-refractivity contribution >= 4 is 22.6 Å². The maximum absolute atomic E-state index is 11.5. The molecular formula is C13H15N3O2S. The van der Waals surface area contributed by atoms with Crippen LogP contribution in [0, 0.1) is 0 Å². The molecule has 2 amide bonds. The number of benzene rings is 1. The van der Waals surface area contributed by atoms with Crippen molar-refractivity contribution in [2.45, 2.75) is 0 Å². The molecule has 2 rings (SSSR count). The fourth-order valence-electron chi connectivity index (χ4n) is 1.45. The molecule has 6 heteroatoms. The average Bonchev–Trinajstić information content (AvgIpc) is 2.87. The van der Waals surface area contributed by atoms with Crippen LogP contribution in [0.2, 0.25) is 0 Å². The number of urea groups is 1. The minimum Gasteiger partial charge on any atom is -0.497 e. The maximum Gasteiger partial charge on any atom is 0.321 e. The van der Waals surface area contributed by atoms with Gasteiger partial charge in [-0.15, -0.1) is 0 Å². The molecule has 1 aromatic heterocycles. The third-order valence-electron chi connectivity index (χ3n) is 2.53. The number of hydrogen-bond acceptors (Lipinski definition) is 4. The second kappa shape index (κ2) is 5.71. The van der Waals surface area contributed by atoms with Gasteiger partial charge >= 0.3 is 6.03 Å². The van der Waals surface area contributed by atoms with Crippen molar-refractivity contribution in [2.75, 3.05) is 26.5 Å². The van der Waals surface area contributed by atoms with Gasteiger partial charge in [0.1, 0.15) is 10.8 Å². The summed E-state index contributed by atoms with van der Waals surface area (Å²) in [5.41, 5.74) is 1.82. The van der Waals surface area contributed by atoms with Crippen LogP contribution in [0.4, 0.5) is 9.80 Å². The van der Waals surface area contributed by atoms with Crippen LogP contribution >= 0.6 is 11.5 Å². The number of aromatic nitrogens is 1. The quantitative estimate of drug-likeness (QED) is 0.938. The first-order valence-corrected chi connectivity index (χ1v) is 6.47. The van der Waals surface area contributed by atoms with Crippen LogP contribution in [-0.2, 0) is 0 Å². The molecule has 0 aliphatic rings. The SMILES string of the molecule is COc1ccc(-c2cc(NC(=O)N(C)C)sn2)cc1. The minimum atomic E-state index is -0.162. The molecule has 5 nitrogen and oxygen atoms in total. The van der Waals surface area contributed by atoms with Crippen molar-refractivity contribution in [3.63, 3.8) is 0 Å². The van der Waals surface area contributed by atoms with E-state index in [0.717, 1.165) is 22.0 Å². The topological polar surface area (TPSA) is 54.5 Å². The maximum atomic E-state index is 11.5. The summed E-state index contributed by atoms with van der Waals surface area (Å²) >= 11 is 1.26. The highest BCUT2D eigenvalue weighted by Gasteiger charge is 2.08. The Balaban J connectivity index is 2.13. The Hall–Kier alpha value is -2.08. The standard InChI is InChI=1S/C13H15N3O2S/c1-16(2)13(17)14-12-8-11(15-19-12)9-4-6-10(18-3)7-5-9/h4-8H,1-3H3,(H,14,17). The second-order valence-electron chi connectivity index (χ2n) is 4.13. The number of carbonyl (C=O) groups is 1. The summed E-state index contributed by atoms with van der Waals surface area (Å²) in [6, 6.07) is 9.33. The molecule has 0 saturated heterocycles. The first-order chi connectivity index (χ1) is 9.10. The lowest BCUT2D eigenvalue weighted by Crippen LogP contribution is -2.26. The molecule has 0 aliphatic heterocycles. The zero-order valence-corrected chi connectivity index (χ0v) is 11.8. The van der Waals surface area contributed by atoms with Gasteiger partial charge in [-0.1, -0.05) is 0 Å². The molecule has 0 bridgehead atoms. The molecule has 0 fully saturated rings. The van der Waals surface area contributed by atoms with Gasteiger partial charge in [0.2, 0.25) is 0 Å². The average molecular weight is 277 g/mol. The fourth-order valence-corrected chi connectivity index (χ4v) is 2.10. The van der Waals surface area contributed by atoms with Crippen LogP contribution in [0.15, 0.2) is 30.3 Å². The van der Waals surface area contributed by atoms with Crippen molar-refractivity contribution in [3.05, 3.63) is 30.3 Å². The minimum absolute atomic E-state index is 0.162.